The van der Waals surface area contributed by atoms with Crippen molar-refractivity contribution < 1.29 is 28.5 Å². The molecule has 0 amide bonds. The van der Waals surface area contributed by atoms with Crippen LogP contribution in [0.25, 0.3) is 21.8 Å². The summed E-state index contributed by atoms with van der Waals surface area (Å²) < 4.78 is 2.14. The lowest BCUT2D eigenvalue weighted by Crippen LogP contribution is -3.00. The molecule has 0 bridgehead atoms. The minimum absolute atomic E-state index is 0. The van der Waals surface area contributed by atoms with Gasteiger partial charge in [0.1, 0.15) is 12.6 Å². The highest BCUT2D eigenvalue weighted by Crippen LogP contribution is 2.25. The first kappa shape index (κ1) is 11.4. The molecule has 0 unspecified atom stereocenters. The monoisotopic (exact) mass is 324 g/mol. The number of hydrogen-bond donors (Lipinski definition) is 1. The standard InChI is InChI=1S/C13H12N2.HI/c1-9-13-11(7-8-15(9)2)10-5-3-4-6-12(10)14-13;/h3-8H,1-2H3;1H. The SMILES string of the molecule is Cc1c2[nH]c3ccccc3c2cc[n+]1C.[I-]. The van der Waals surface area contributed by atoms with Gasteiger partial charge in [-0.25, -0.2) is 4.57 Å². The molecular formula is C13H13IN2. The predicted octanol–water partition coefficient (Wildman–Crippen LogP) is -0.542. The minimum atomic E-state index is 0. The molecule has 3 aromatic rings. The van der Waals surface area contributed by atoms with Gasteiger partial charge < -0.3 is 29.0 Å². The van der Waals surface area contributed by atoms with Gasteiger partial charge in [-0.05, 0) is 6.07 Å². The number of nitrogens with zero attached hydrogens (tertiary/aromatic N) is 1. The molecule has 3 rings (SSSR count). The summed E-state index contributed by atoms with van der Waals surface area (Å²) in [7, 11) is 2.07. The van der Waals surface area contributed by atoms with Crippen molar-refractivity contribution in [3.8, 4) is 0 Å². The van der Waals surface area contributed by atoms with Crippen LogP contribution in [0.15, 0.2) is 36.5 Å². The molecule has 1 aromatic carbocycles. The van der Waals surface area contributed by atoms with Gasteiger partial charge in [-0.3, -0.25) is 0 Å². The van der Waals surface area contributed by atoms with Gasteiger partial charge in [0, 0.05) is 29.3 Å². The van der Waals surface area contributed by atoms with Gasteiger partial charge in [-0.1, -0.05) is 18.2 Å². The van der Waals surface area contributed by atoms with Crippen molar-refractivity contribution in [2.24, 2.45) is 7.05 Å². The molecule has 3 heteroatoms. The van der Waals surface area contributed by atoms with Crippen LogP contribution in [0.4, 0.5) is 0 Å². The van der Waals surface area contributed by atoms with Gasteiger partial charge in [-0.15, -0.1) is 0 Å². The molecule has 0 radical (unpaired) electrons. The number of aryl methyl sites for hydroxylation is 2. The quantitative estimate of drug-likeness (QED) is 0.423. The molecular weight excluding hydrogens is 311 g/mol. The second-order valence-electron chi connectivity index (χ2n) is 3.97. The average Bonchev–Trinajstić information content (AvgIpc) is 2.63. The molecule has 0 aliphatic heterocycles. The van der Waals surface area contributed by atoms with E-state index < -0.39 is 0 Å². The summed E-state index contributed by atoms with van der Waals surface area (Å²) in [6, 6.07) is 10.6. The second kappa shape index (κ2) is 4.05. The summed E-state index contributed by atoms with van der Waals surface area (Å²) in [5.41, 5.74) is 3.71. The fourth-order valence-corrected chi connectivity index (χ4v) is 2.10. The molecule has 16 heavy (non-hydrogen) atoms. The van der Waals surface area contributed by atoms with Crippen LogP contribution in [0.3, 0.4) is 0 Å². The third kappa shape index (κ3) is 1.50. The molecule has 0 aliphatic rings. The van der Waals surface area contributed by atoms with Crippen LogP contribution < -0.4 is 28.5 Å². The Balaban J connectivity index is 0.000000963. The maximum absolute atomic E-state index is 3.47. The minimum Gasteiger partial charge on any atom is -1.00 e. The van der Waals surface area contributed by atoms with Crippen molar-refractivity contribution in [1.82, 2.24) is 4.98 Å². The van der Waals surface area contributed by atoms with E-state index in [9.17, 15) is 0 Å². The molecule has 0 fully saturated rings. The van der Waals surface area contributed by atoms with Crippen molar-refractivity contribution in [3.05, 3.63) is 42.2 Å². The Labute approximate surface area is 111 Å². The molecule has 2 aromatic heterocycles. The first-order valence-corrected chi connectivity index (χ1v) is 5.13. The van der Waals surface area contributed by atoms with Crippen LogP contribution in [0.1, 0.15) is 5.69 Å². The fraction of sp³-hybridized carbons (Fsp3) is 0.154. The van der Waals surface area contributed by atoms with E-state index in [2.05, 4.69) is 60.1 Å². The normalized spacial score (nSPS) is 10.6. The number of benzene rings is 1. The van der Waals surface area contributed by atoms with E-state index in [-0.39, 0.29) is 24.0 Å². The van der Waals surface area contributed by atoms with Crippen molar-refractivity contribution in [3.63, 3.8) is 0 Å². The van der Waals surface area contributed by atoms with Crippen molar-refractivity contribution >= 4 is 21.8 Å². The van der Waals surface area contributed by atoms with E-state index in [0.29, 0.717) is 0 Å². The lowest BCUT2D eigenvalue weighted by atomic mass is 10.2. The van der Waals surface area contributed by atoms with Gasteiger partial charge in [0.25, 0.3) is 0 Å². The molecule has 2 heterocycles. The van der Waals surface area contributed by atoms with Gasteiger partial charge in [0.05, 0.1) is 0 Å². The van der Waals surface area contributed by atoms with Gasteiger partial charge in [0.15, 0.2) is 6.20 Å². The molecule has 0 saturated carbocycles. The van der Waals surface area contributed by atoms with E-state index in [1.165, 1.54) is 27.5 Å². The van der Waals surface area contributed by atoms with Crippen LogP contribution in [-0.2, 0) is 7.05 Å². The Kier molecular flexibility index (Phi) is 2.88. The molecule has 0 spiro atoms. The average molecular weight is 324 g/mol. The molecule has 0 saturated heterocycles. The highest BCUT2D eigenvalue weighted by Gasteiger charge is 2.11. The fourth-order valence-electron chi connectivity index (χ4n) is 2.10. The number of H-pyrrole nitrogens is 1. The summed E-state index contributed by atoms with van der Waals surface area (Å²) >= 11 is 0. The molecule has 2 nitrogen and oxygen atoms in total. The highest BCUT2D eigenvalue weighted by molar-refractivity contribution is 6.07. The topological polar surface area (TPSA) is 19.7 Å². The Morgan fingerprint density at radius 1 is 1.06 bits per heavy atom. The highest BCUT2D eigenvalue weighted by atomic mass is 127. The molecule has 1 N–H and O–H groups in total. The number of para-hydroxylation sites is 1. The summed E-state index contributed by atoms with van der Waals surface area (Å²) in [6.07, 6.45) is 2.11. The molecule has 0 atom stereocenters. The van der Waals surface area contributed by atoms with Crippen molar-refractivity contribution in [1.29, 1.82) is 0 Å². The Morgan fingerprint density at radius 2 is 1.81 bits per heavy atom. The largest absolute Gasteiger partial charge is 1.00 e. The van der Waals surface area contributed by atoms with Crippen LogP contribution in [0.5, 0.6) is 0 Å². The third-order valence-electron chi connectivity index (χ3n) is 3.10. The number of nitrogens with one attached hydrogen (secondary N) is 1. The Bertz CT molecular complexity index is 655. The number of aromatic nitrogens is 2. The number of hydrogen-bond acceptors (Lipinski definition) is 0. The first-order chi connectivity index (χ1) is 7.27. The van der Waals surface area contributed by atoms with Crippen LogP contribution in [0, 0.1) is 6.92 Å². The van der Waals surface area contributed by atoms with Gasteiger partial charge in [0.2, 0.25) is 5.69 Å². The number of halogens is 1. The smallest absolute Gasteiger partial charge is 0.202 e. The van der Waals surface area contributed by atoms with E-state index in [1.54, 1.807) is 0 Å². The number of pyridine rings is 1. The maximum Gasteiger partial charge on any atom is 0.202 e. The number of fused-ring (bicyclic) bond motifs is 3. The van der Waals surface area contributed by atoms with E-state index in [1.807, 2.05) is 0 Å². The maximum atomic E-state index is 3.47. The zero-order chi connectivity index (χ0) is 10.4. The zero-order valence-corrected chi connectivity index (χ0v) is 11.4. The number of aromatic amines is 1. The summed E-state index contributed by atoms with van der Waals surface area (Å²) in [4.78, 5) is 3.47. The zero-order valence-electron chi connectivity index (χ0n) is 9.29. The van der Waals surface area contributed by atoms with Gasteiger partial charge >= 0.3 is 0 Å². The molecule has 0 aliphatic carbocycles. The van der Waals surface area contributed by atoms with Crippen molar-refractivity contribution in [2.75, 3.05) is 0 Å². The first-order valence-electron chi connectivity index (χ1n) is 5.13. The summed E-state index contributed by atoms with van der Waals surface area (Å²) in [5.74, 6) is 0. The summed E-state index contributed by atoms with van der Waals surface area (Å²) in [5, 5.41) is 2.61. The van der Waals surface area contributed by atoms with Crippen LogP contribution >= 0.6 is 0 Å². The summed E-state index contributed by atoms with van der Waals surface area (Å²) in [6.45, 7) is 2.14. The lowest BCUT2D eigenvalue weighted by molar-refractivity contribution is -0.676. The lowest BCUT2D eigenvalue weighted by Gasteiger charge is -1.94. The third-order valence-corrected chi connectivity index (χ3v) is 3.10. The van der Waals surface area contributed by atoms with Crippen LogP contribution in [-0.4, -0.2) is 4.98 Å². The van der Waals surface area contributed by atoms with Gasteiger partial charge in [-0.2, -0.15) is 0 Å². The Morgan fingerprint density at radius 3 is 2.62 bits per heavy atom. The van der Waals surface area contributed by atoms with E-state index >= 15 is 0 Å². The van der Waals surface area contributed by atoms with Crippen molar-refractivity contribution in [2.45, 2.75) is 6.92 Å². The van der Waals surface area contributed by atoms with Crippen LogP contribution in [0.2, 0.25) is 0 Å². The second-order valence-corrected chi connectivity index (χ2v) is 3.97. The Hall–Kier alpha value is -1.10. The number of rotatable bonds is 0. The van der Waals surface area contributed by atoms with E-state index in [4.69, 9.17) is 0 Å². The molecule has 82 valence electrons. The van der Waals surface area contributed by atoms with E-state index in [0.717, 1.165) is 0 Å². The predicted molar refractivity (Wildman–Crippen MR) is 61.7 cm³/mol.